The maximum absolute atomic E-state index is 12.7. The standard InChI is InChI=1S/C28H36N4O2/c1-5-29-28(34)31(4)24-15-25-27-22(12-13-32(25)16-23(24)18(3)33)21-11-7-10-20(26(21)30-27)19-9-6-8-17(2)14-19/h6-11,14,18,23-25,30,33H,5,12-13,15-16H2,1-4H3,(H,29,34)/t18-,23-,24-,25-/m0/s1. The fourth-order valence-electron chi connectivity index (χ4n) is 6.12. The van der Waals surface area contributed by atoms with Crippen molar-refractivity contribution in [2.24, 2.45) is 5.92 Å². The normalized spacial score (nSPS) is 23.3. The highest BCUT2D eigenvalue weighted by Gasteiger charge is 2.44. The minimum atomic E-state index is -0.472. The molecule has 1 saturated heterocycles. The molecule has 2 amide bonds. The van der Waals surface area contributed by atoms with E-state index in [0.29, 0.717) is 6.54 Å². The number of aryl methyl sites for hydroxylation is 1. The molecular weight excluding hydrogens is 424 g/mol. The summed E-state index contributed by atoms with van der Waals surface area (Å²) in [5.74, 6) is 0.0256. The van der Waals surface area contributed by atoms with Crippen LogP contribution in [-0.4, -0.2) is 64.7 Å². The number of amides is 2. The third kappa shape index (κ3) is 3.89. The van der Waals surface area contributed by atoms with Crippen molar-refractivity contribution in [3.63, 3.8) is 0 Å². The van der Waals surface area contributed by atoms with E-state index in [1.54, 1.807) is 0 Å². The number of carbonyl (C=O) groups is 1. The van der Waals surface area contributed by atoms with Gasteiger partial charge in [0.05, 0.1) is 17.7 Å². The first kappa shape index (κ1) is 22.9. The van der Waals surface area contributed by atoms with Gasteiger partial charge >= 0.3 is 6.03 Å². The second kappa shape index (κ2) is 9.08. The van der Waals surface area contributed by atoms with Crippen molar-refractivity contribution in [1.82, 2.24) is 20.1 Å². The van der Waals surface area contributed by atoms with Crippen LogP contribution in [0.25, 0.3) is 22.0 Å². The van der Waals surface area contributed by atoms with E-state index in [1.807, 2.05) is 25.8 Å². The molecule has 2 aromatic carbocycles. The van der Waals surface area contributed by atoms with Gasteiger partial charge in [-0.1, -0.05) is 48.0 Å². The van der Waals surface area contributed by atoms with Gasteiger partial charge in [-0.2, -0.15) is 0 Å². The van der Waals surface area contributed by atoms with Crippen LogP contribution in [0.15, 0.2) is 42.5 Å². The lowest BCUT2D eigenvalue weighted by Gasteiger charge is -2.49. The molecule has 180 valence electrons. The minimum absolute atomic E-state index is 0.0256. The molecule has 5 rings (SSSR count). The molecular formula is C28H36N4O2. The predicted molar refractivity (Wildman–Crippen MR) is 137 cm³/mol. The molecule has 1 fully saturated rings. The van der Waals surface area contributed by atoms with Gasteiger partial charge < -0.3 is 20.3 Å². The average molecular weight is 461 g/mol. The number of piperidine rings is 1. The van der Waals surface area contributed by atoms with Gasteiger partial charge in [0.25, 0.3) is 0 Å². The molecule has 3 heterocycles. The number of para-hydroxylation sites is 1. The molecule has 2 aliphatic rings. The molecule has 0 bridgehead atoms. The summed E-state index contributed by atoms with van der Waals surface area (Å²) < 4.78 is 0. The van der Waals surface area contributed by atoms with Crippen LogP contribution in [0.1, 0.15) is 43.1 Å². The number of aromatic nitrogens is 1. The zero-order chi connectivity index (χ0) is 24.0. The molecule has 3 N–H and O–H groups in total. The summed E-state index contributed by atoms with van der Waals surface area (Å²) >= 11 is 0. The largest absolute Gasteiger partial charge is 0.393 e. The van der Waals surface area contributed by atoms with Crippen LogP contribution < -0.4 is 5.32 Å². The number of aromatic amines is 1. The number of benzene rings is 2. The van der Waals surface area contributed by atoms with Gasteiger partial charge in [-0.25, -0.2) is 4.79 Å². The number of nitrogens with zero attached hydrogens (tertiary/aromatic N) is 2. The number of nitrogens with one attached hydrogen (secondary N) is 2. The summed E-state index contributed by atoms with van der Waals surface area (Å²) in [5.41, 5.74) is 7.60. The van der Waals surface area contributed by atoms with Gasteiger partial charge in [0, 0.05) is 55.3 Å². The Labute approximate surface area is 202 Å². The number of carbonyl (C=O) groups excluding carboxylic acids is 1. The highest BCUT2D eigenvalue weighted by atomic mass is 16.3. The fourth-order valence-corrected chi connectivity index (χ4v) is 6.12. The van der Waals surface area contributed by atoms with Crippen molar-refractivity contribution < 1.29 is 9.90 Å². The molecule has 3 aromatic rings. The minimum Gasteiger partial charge on any atom is -0.393 e. The van der Waals surface area contributed by atoms with E-state index in [4.69, 9.17) is 0 Å². The summed E-state index contributed by atoms with van der Waals surface area (Å²) in [6.45, 7) is 8.28. The lowest BCUT2D eigenvalue weighted by Crippen LogP contribution is -2.58. The first-order valence-corrected chi connectivity index (χ1v) is 12.5. The summed E-state index contributed by atoms with van der Waals surface area (Å²) in [7, 11) is 1.87. The van der Waals surface area contributed by atoms with Crippen molar-refractivity contribution in [1.29, 1.82) is 0 Å². The Hall–Kier alpha value is -2.83. The van der Waals surface area contributed by atoms with Crippen LogP contribution in [0.3, 0.4) is 0 Å². The molecule has 0 spiro atoms. The SMILES string of the molecule is CCNC(=O)N(C)[C@H]1C[C@H]2c3[nH]c4c(-c5cccc(C)c5)cccc4c3CCN2C[C@H]1[C@H](C)O. The summed E-state index contributed by atoms with van der Waals surface area (Å²) in [4.78, 5) is 20.9. The lowest BCUT2D eigenvalue weighted by atomic mass is 9.80. The van der Waals surface area contributed by atoms with E-state index >= 15 is 0 Å². The Morgan fingerprint density at radius 1 is 1.29 bits per heavy atom. The highest BCUT2D eigenvalue weighted by Crippen LogP contribution is 2.44. The zero-order valence-electron chi connectivity index (χ0n) is 20.6. The van der Waals surface area contributed by atoms with Crippen LogP contribution in [0.4, 0.5) is 4.79 Å². The Morgan fingerprint density at radius 3 is 2.82 bits per heavy atom. The van der Waals surface area contributed by atoms with Gasteiger partial charge in [0.2, 0.25) is 0 Å². The number of urea groups is 1. The zero-order valence-corrected chi connectivity index (χ0v) is 20.6. The van der Waals surface area contributed by atoms with Gasteiger partial charge in [-0.3, -0.25) is 4.90 Å². The van der Waals surface area contributed by atoms with Gasteiger partial charge in [0.1, 0.15) is 0 Å². The molecule has 0 saturated carbocycles. The Bertz CT molecular complexity index is 1200. The van der Waals surface area contributed by atoms with Crippen LogP contribution >= 0.6 is 0 Å². The van der Waals surface area contributed by atoms with E-state index in [2.05, 4.69) is 64.6 Å². The highest BCUT2D eigenvalue weighted by molar-refractivity contribution is 5.97. The smallest absolute Gasteiger partial charge is 0.317 e. The van der Waals surface area contributed by atoms with Crippen LogP contribution in [0, 0.1) is 12.8 Å². The van der Waals surface area contributed by atoms with Gasteiger partial charge in [0.15, 0.2) is 0 Å². The molecule has 34 heavy (non-hydrogen) atoms. The van der Waals surface area contributed by atoms with E-state index < -0.39 is 6.10 Å². The van der Waals surface area contributed by atoms with Crippen molar-refractivity contribution in [2.75, 3.05) is 26.7 Å². The van der Waals surface area contributed by atoms with Crippen molar-refractivity contribution in [2.45, 2.75) is 51.8 Å². The third-order valence-electron chi connectivity index (χ3n) is 7.90. The van der Waals surface area contributed by atoms with E-state index in [0.717, 1.165) is 25.9 Å². The number of rotatable bonds is 4. The Morgan fingerprint density at radius 2 is 2.09 bits per heavy atom. The second-order valence-corrected chi connectivity index (χ2v) is 10.0. The number of hydrogen-bond donors (Lipinski definition) is 3. The molecule has 6 nitrogen and oxygen atoms in total. The predicted octanol–water partition coefficient (Wildman–Crippen LogP) is 4.47. The number of aliphatic hydroxyl groups is 1. The van der Waals surface area contributed by atoms with E-state index in [-0.39, 0.29) is 24.0 Å². The molecule has 0 aliphatic carbocycles. The topological polar surface area (TPSA) is 71.6 Å². The first-order valence-electron chi connectivity index (χ1n) is 12.5. The maximum Gasteiger partial charge on any atom is 0.317 e. The van der Waals surface area contributed by atoms with Crippen LogP contribution in [-0.2, 0) is 6.42 Å². The number of H-pyrrole nitrogens is 1. The van der Waals surface area contributed by atoms with E-state index in [9.17, 15) is 9.90 Å². The molecule has 2 aliphatic heterocycles. The summed E-state index contributed by atoms with van der Waals surface area (Å²) in [6, 6.07) is 15.4. The van der Waals surface area contributed by atoms with Crippen molar-refractivity contribution in [3.05, 3.63) is 59.3 Å². The summed E-state index contributed by atoms with van der Waals surface area (Å²) in [6.07, 6.45) is 1.33. The average Bonchev–Trinajstić information content (AvgIpc) is 3.22. The Kier molecular flexibility index (Phi) is 6.13. The number of aliphatic hydroxyl groups excluding tert-OH is 1. The first-order chi connectivity index (χ1) is 16.4. The lowest BCUT2D eigenvalue weighted by molar-refractivity contribution is -0.0189. The molecule has 6 heteroatoms. The fraction of sp³-hybridized carbons (Fsp3) is 0.464. The molecule has 4 atom stereocenters. The Balaban J connectivity index is 1.55. The molecule has 0 unspecified atom stereocenters. The number of fused-ring (bicyclic) bond motifs is 5. The quantitative estimate of drug-likeness (QED) is 0.538. The maximum atomic E-state index is 12.7. The van der Waals surface area contributed by atoms with Crippen molar-refractivity contribution in [3.8, 4) is 11.1 Å². The third-order valence-corrected chi connectivity index (χ3v) is 7.90. The summed E-state index contributed by atoms with van der Waals surface area (Å²) in [5, 5.41) is 14.8. The second-order valence-electron chi connectivity index (χ2n) is 10.0. The van der Waals surface area contributed by atoms with Crippen LogP contribution in [0.5, 0.6) is 0 Å². The van der Waals surface area contributed by atoms with E-state index in [1.165, 1.54) is 38.9 Å². The van der Waals surface area contributed by atoms with Crippen LogP contribution in [0.2, 0.25) is 0 Å². The molecule has 1 aromatic heterocycles. The monoisotopic (exact) mass is 460 g/mol. The van der Waals surface area contributed by atoms with Crippen molar-refractivity contribution >= 4 is 16.9 Å². The van der Waals surface area contributed by atoms with Gasteiger partial charge in [-0.15, -0.1) is 0 Å². The van der Waals surface area contributed by atoms with Gasteiger partial charge in [-0.05, 0) is 44.7 Å². The molecule has 0 radical (unpaired) electrons. The number of hydrogen-bond acceptors (Lipinski definition) is 3.